The van der Waals surface area contributed by atoms with Gasteiger partial charge in [0.05, 0.1) is 24.9 Å². The molecule has 0 aliphatic carbocycles. The monoisotopic (exact) mass is 335 g/mol. The molecule has 0 aliphatic heterocycles. The number of nitrogens with one attached hydrogen (secondary N) is 1. The van der Waals surface area contributed by atoms with Crippen LogP contribution >= 0.6 is 0 Å². The summed E-state index contributed by atoms with van der Waals surface area (Å²) < 4.78 is 6.86. The molecule has 128 valence electrons. The van der Waals surface area contributed by atoms with E-state index in [0.29, 0.717) is 25.3 Å². The van der Waals surface area contributed by atoms with Crippen LogP contribution in [0, 0.1) is 0 Å². The molecule has 1 heterocycles. The number of hydrogen-bond donors (Lipinski definition) is 1. The Morgan fingerprint density at radius 1 is 1.04 bits per heavy atom. The number of carbonyl (C=O) groups is 1. The van der Waals surface area contributed by atoms with E-state index in [9.17, 15) is 4.79 Å². The van der Waals surface area contributed by atoms with E-state index in [1.165, 1.54) is 0 Å². The minimum Gasteiger partial charge on any atom is -0.380 e. The molecule has 0 fully saturated rings. The molecule has 3 aromatic rings. The molecular weight excluding hydrogens is 314 g/mol. The largest absolute Gasteiger partial charge is 0.380 e. The number of amides is 1. The predicted octanol–water partition coefficient (Wildman–Crippen LogP) is 3.01. The van der Waals surface area contributed by atoms with Gasteiger partial charge in [-0.25, -0.2) is 0 Å². The maximum absolute atomic E-state index is 12.3. The Kier molecular flexibility index (Phi) is 5.59. The van der Waals surface area contributed by atoms with Gasteiger partial charge in [-0.1, -0.05) is 54.6 Å². The minimum atomic E-state index is -0.125. The zero-order valence-electron chi connectivity index (χ0n) is 14.2. The molecule has 0 atom stereocenters. The molecule has 0 unspecified atom stereocenters. The van der Waals surface area contributed by atoms with Crippen LogP contribution in [0.25, 0.3) is 0 Å². The predicted molar refractivity (Wildman–Crippen MR) is 96.1 cm³/mol. The van der Waals surface area contributed by atoms with E-state index in [1.54, 1.807) is 24.2 Å². The van der Waals surface area contributed by atoms with Gasteiger partial charge < -0.3 is 10.1 Å². The summed E-state index contributed by atoms with van der Waals surface area (Å²) in [6, 6.07) is 18.0. The van der Waals surface area contributed by atoms with Crippen LogP contribution in [0.2, 0.25) is 0 Å². The Bertz CT molecular complexity index is 810. The highest BCUT2D eigenvalue weighted by Gasteiger charge is 2.08. The van der Waals surface area contributed by atoms with Crippen molar-refractivity contribution in [2.45, 2.75) is 19.7 Å². The quantitative estimate of drug-likeness (QED) is 0.722. The molecular formula is C20H21N3O2. The highest BCUT2D eigenvalue weighted by molar-refractivity contribution is 5.93. The molecule has 1 aromatic heterocycles. The summed E-state index contributed by atoms with van der Waals surface area (Å²) in [5.41, 5.74) is 3.87. The maximum Gasteiger partial charge on any atom is 0.254 e. The minimum absolute atomic E-state index is 0.125. The first-order valence-corrected chi connectivity index (χ1v) is 8.16. The molecule has 0 saturated carbocycles. The second-order valence-electron chi connectivity index (χ2n) is 5.84. The van der Waals surface area contributed by atoms with E-state index >= 15 is 0 Å². The van der Waals surface area contributed by atoms with Crippen molar-refractivity contribution in [3.63, 3.8) is 0 Å². The Labute approximate surface area is 147 Å². The standard InChI is InChI=1S/C20H21N3O2/c1-25-15-18-9-7-16(8-10-18)11-21-20(24)19-12-22-23(14-19)13-17-5-3-2-4-6-17/h2-10,12,14H,11,13,15H2,1H3,(H,21,24). The third-order valence-corrected chi connectivity index (χ3v) is 3.87. The first-order chi connectivity index (χ1) is 12.2. The first-order valence-electron chi connectivity index (χ1n) is 8.16. The van der Waals surface area contributed by atoms with Crippen LogP contribution in [0.4, 0.5) is 0 Å². The van der Waals surface area contributed by atoms with Crippen molar-refractivity contribution < 1.29 is 9.53 Å². The van der Waals surface area contributed by atoms with Gasteiger partial charge in [0.2, 0.25) is 0 Å². The van der Waals surface area contributed by atoms with Crippen molar-refractivity contribution in [1.82, 2.24) is 15.1 Å². The molecule has 0 saturated heterocycles. The lowest BCUT2D eigenvalue weighted by molar-refractivity contribution is 0.0951. The van der Waals surface area contributed by atoms with Crippen molar-refractivity contribution in [3.05, 3.63) is 89.2 Å². The van der Waals surface area contributed by atoms with Crippen LogP contribution in [0.1, 0.15) is 27.0 Å². The van der Waals surface area contributed by atoms with Crippen molar-refractivity contribution in [2.24, 2.45) is 0 Å². The summed E-state index contributed by atoms with van der Waals surface area (Å²) in [4.78, 5) is 12.3. The average Bonchev–Trinajstić information content (AvgIpc) is 3.10. The van der Waals surface area contributed by atoms with Gasteiger partial charge in [0.1, 0.15) is 0 Å². The third-order valence-electron chi connectivity index (χ3n) is 3.87. The fourth-order valence-electron chi connectivity index (χ4n) is 2.54. The van der Waals surface area contributed by atoms with Gasteiger partial charge in [-0.05, 0) is 16.7 Å². The number of ether oxygens (including phenoxy) is 1. The maximum atomic E-state index is 12.3. The molecule has 0 aliphatic rings. The van der Waals surface area contributed by atoms with E-state index in [0.717, 1.165) is 16.7 Å². The highest BCUT2D eigenvalue weighted by Crippen LogP contribution is 2.07. The van der Waals surface area contributed by atoms with Gasteiger partial charge in [0.15, 0.2) is 0 Å². The van der Waals surface area contributed by atoms with E-state index in [1.807, 2.05) is 54.6 Å². The van der Waals surface area contributed by atoms with Crippen molar-refractivity contribution in [2.75, 3.05) is 7.11 Å². The normalized spacial score (nSPS) is 10.6. The molecule has 0 bridgehead atoms. The summed E-state index contributed by atoms with van der Waals surface area (Å²) in [7, 11) is 1.67. The Hall–Kier alpha value is -2.92. The van der Waals surface area contributed by atoms with Crippen molar-refractivity contribution in [1.29, 1.82) is 0 Å². The second-order valence-corrected chi connectivity index (χ2v) is 5.84. The Morgan fingerprint density at radius 3 is 2.48 bits per heavy atom. The fourth-order valence-corrected chi connectivity index (χ4v) is 2.54. The zero-order chi connectivity index (χ0) is 17.5. The number of nitrogens with zero attached hydrogens (tertiary/aromatic N) is 2. The third kappa shape index (κ3) is 4.78. The molecule has 25 heavy (non-hydrogen) atoms. The van der Waals surface area contributed by atoms with Crippen LogP contribution in [0.15, 0.2) is 67.0 Å². The molecule has 3 rings (SSSR count). The Morgan fingerprint density at radius 2 is 1.76 bits per heavy atom. The van der Waals surface area contributed by atoms with E-state index in [4.69, 9.17) is 4.74 Å². The summed E-state index contributed by atoms with van der Waals surface area (Å²) in [5, 5.41) is 7.18. The smallest absolute Gasteiger partial charge is 0.254 e. The van der Waals surface area contributed by atoms with Crippen molar-refractivity contribution >= 4 is 5.91 Å². The SMILES string of the molecule is COCc1ccc(CNC(=O)c2cnn(Cc3ccccc3)c2)cc1. The summed E-state index contributed by atoms with van der Waals surface area (Å²) in [6.07, 6.45) is 3.37. The molecule has 5 nitrogen and oxygen atoms in total. The molecule has 1 N–H and O–H groups in total. The zero-order valence-corrected chi connectivity index (χ0v) is 14.2. The number of aromatic nitrogens is 2. The average molecular weight is 335 g/mol. The van der Waals surface area contributed by atoms with Gasteiger partial charge >= 0.3 is 0 Å². The van der Waals surface area contributed by atoms with Crippen molar-refractivity contribution in [3.8, 4) is 0 Å². The van der Waals surface area contributed by atoms with Gasteiger partial charge in [-0.3, -0.25) is 9.48 Å². The van der Waals surface area contributed by atoms with Crippen LogP contribution in [0.5, 0.6) is 0 Å². The molecule has 5 heteroatoms. The van der Waals surface area contributed by atoms with E-state index in [-0.39, 0.29) is 5.91 Å². The number of rotatable bonds is 7. The highest BCUT2D eigenvalue weighted by atomic mass is 16.5. The summed E-state index contributed by atoms with van der Waals surface area (Å²) in [6.45, 7) is 1.72. The molecule has 0 radical (unpaired) electrons. The molecule has 0 spiro atoms. The molecule has 1 amide bonds. The van der Waals surface area contributed by atoms with Crippen LogP contribution in [0.3, 0.4) is 0 Å². The molecule has 2 aromatic carbocycles. The van der Waals surface area contributed by atoms with Gasteiger partial charge in [-0.15, -0.1) is 0 Å². The second kappa shape index (κ2) is 8.26. The topological polar surface area (TPSA) is 56.1 Å². The van der Waals surface area contributed by atoms with Gasteiger partial charge in [0.25, 0.3) is 5.91 Å². The summed E-state index contributed by atoms with van der Waals surface area (Å²) >= 11 is 0. The number of benzene rings is 2. The van der Waals surface area contributed by atoms with Gasteiger partial charge in [0, 0.05) is 19.9 Å². The van der Waals surface area contributed by atoms with E-state index < -0.39 is 0 Å². The van der Waals surface area contributed by atoms with Gasteiger partial charge in [-0.2, -0.15) is 5.10 Å². The lowest BCUT2D eigenvalue weighted by Gasteiger charge is -2.05. The Balaban J connectivity index is 1.54. The van der Waals surface area contributed by atoms with E-state index in [2.05, 4.69) is 10.4 Å². The number of methoxy groups -OCH3 is 1. The lowest BCUT2D eigenvalue weighted by Crippen LogP contribution is -2.22. The summed E-state index contributed by atoms with van der Waals surface area (Å²) in [5.74, 6) is -0.125. The first kappa shape index (κ1) is 16.9. The number of carbonyl (C=O) groups excluding carboxylic acids is 1. The lowest BCUT2D eigenvalue weighted by atomic mass is 10.1. The van der Waals surface area contributed by atoms with Crippen LogP contribution < -0.4 is 5.32 Å². The number of hydrogen-bond acceptors (Lipinski definition) is 3. The van der Waals surface area contributed by atoms with Crippen LogP contribution in [-0.4, -0.2) is 22.8 Å². The fraction of sp³-hybridized carbons (Fsp3) is 0.200. The van der Waals surface area contributed by atoms with Crippen LogP contribution in [-0.2, 0) is 24.4 Å².